The molecule has 5 rings (SSSR count). The fraction of sp³-hybridized carbons (Fsp3) is 0.136. The van der Waals surface area contributed by atoms with E-state index in [-0.39, 0.29) is 5.91 Å². The molecule has 1 aliphatic rings. The molecule has 1 aliphatic heterocycles. The maximum atomic E-state index is 12.8. The molecule has 0 spiro atoms. The monoisotopic (exact) mass is 370 g/mol. The first-order valence-corrected chi connectivity index (χ1v) is 9.30. The van der Waals surface area contributed by atoms with Crippen LogP contribution < -0.4 is 5.32 Å². The Morgan fingerprint density at radius 2 is 1.64 bits per heavy atom. The number of hydrogen-bond donors (Lipinski definition) is 2. The molecule has 0 radical (unpaired) electrons. The van der Waals surface area contributed by atoms with Gasteiger partial charge >= 0.3 is 0 Å². The molecular weight excluding hydrogens is 352 g/mol. The van der Waals surface area contributed by atoms with Crippen LogP contribution in [0.15, 0.2) is 54.7 Å². The molecule has 3 heterocycles. The zero-order valence-corrected chi connectivity index (χ0v) is 15.3. The van der Waals surface area contributed by atoms with Gasteiger partial charge in [-0.05, 0) is 18.6 Å². The molecule has 0 fully saturated rings. The average molecular weight is 370 g/mol. The predicted molar refractivity (Wildman–Crippen MR) is 108 cm³/mol. The summed E-state index contributed by atoms with van der Waals surface area (Å²) in [6.45, 7) is 2.95. The van der Waals surface area contributed by atoms with E-state index < -0.39 is 5.91 Å². The number of imide groups is 1. The zero-order valence-electron chi connectivity index (χ0n) is 15.3. The Bertz CT molecular complexity index is 1290. The van der Waals surface area contributed by atoms with Crippen molar-refractivity contribution in [2.45, 2.75) is 19.9 Å². The number of rotatable bonds is 4. The number of nitrogens with zero attached hydrogens (tertiary/aromatic N) is 2. The third kappa shape index (κ3) is 2.31. The fourth-order valence-corrected chi connectivity index (χ4v) is 3.96. The van der Waals surface area contributed by atoms with Gasteiger partial charge in [0.05, 0.1) is 16.7 Å². The summed E-state index contributed by atoms with van der Waals surface area (Å²) >= 11 is 0. The Balaban J connectivity index is 1.83. The van der Waals surface area contributed by atoms with Crippen molar-refractivity contribution in [2.75, 3.05) is 0 Å². The minimum atomic E-state index is -0.412. The predicted octanol–water partition coefficient (Wildman–Crippen LogP) is 3.49. The number of aromatic amines is 1. The third-order valence-electron chi connectivity index (χ3n) is 5.16. The minimum Gasteiger partial charge on any atom is -0.347 e. The number of hydrogen-bond acceptors (Lipinski definition) is 3. The summed E-state index contributed by atoms with van der Waals surface area (Å²) in [5.74, 6) is -0.795. The van der Waals surface area contributed by atoms with Crippen LogP contribution in [0, 0.1) is 0 Å². The highest BCUT2D eigenvalue weighted by Gasteiger charge is 2.35. The number of H-pyrrole nitrogens is 1. The van der Waals surface area contributed by atoms with E-state index >= 15 is 0 Å². The molecular formula is C22H18N4O2. The molecule has 6 nitrogen and oxygen atoms in total. The van der Waals surface area contributed by atoms with Crippen molar-refractivity contribution in [1.29, 1.82) is 0 Å². The zero-order chi connectivity index (χ0) is 19.3. The molecule has 0 unspecified atom stereocenters. The lowest BCUT2D eigenvalue weighted by atomic mass is 9.97. The quantitative estimate of drug-likeness (QED) is 0.540. The van der Waals surface area contributed by atoms with E-state index in [4.69, 9.17) is 0 Å². The van der Waals surface area contributed by atoms with Gasteiger partial charge in [-0.25, -0.2) is 0 Å². The Morgan fingerprint density at radius 3 is 2.46 bits per heavy atom. The van der Waals surface area contributed by atoms with E-state index in [1.165, 1.54) is 0 Å². The van der Waals surface area contributed by atoms with Crippen molar-refractivity contribution in [2.24, 2.45) is 0 Å². The summed E-state index contributed by atoms with van der Waals surface area (Å²) in [6, 6.07) is 15.5. The highest BCUT2D eigenvalue weighted by molar-refractivity contribution is 6.50. The first-order valence-electron chi connectivity index (χ1n) is 9.30. The van der Waals surface area contributed by atoms with Crippen LogP contribution in [0.25, 0.3) is 33.0 Å². The van der Waals surface area contributed by atoms with Gasteiger partial charge in [-0.1, -0.05) is 43.3 Å². The van der Waals surface area contributed by atoms with Crippen molar-refractivity contribution < 1.29 is 9.59 Å². The second-order valence-electron chi connectivity index (χ2n) is 6.90. The van der Waals surface area contributed by atoms with Gasteiger partial charge in [0.1, 0.15) is 5.69 Å². The summed E-state index contributed by atoms with van der Waals surface area (Å²) in [4.78, 5) is 25.5. The van der Waals surface area contributed by atoms with Crippen LogP contribution in [-0.2, 0) is 16.1 Å². The van der Waals surface area contributed by atoms with Crippen molar-refractivity contribution in [3.05, 3.63) is 66.0 Å². The fourth-order valence-electron chi connectivity index (χ4n) is 3.96. The summed E-state index contributed by atoms with van der Waals surface area (Å²) in [5, 5.41) is 11.5. The minimum absolute atomic E-state index is 0.321. The molecule has 0 saturated heterocycles. The van der Waals surface area contributed by atoms with Crippen LogP contribution in [0.1, 0.15) is 24.6 Å². The lowest BCUT2D eigenvalue weighted by molar-refractivity contribution is -0.122. The summed E-state index contributed by atoms with van der Waals surface area (Å²) < 4.78 is 2.13. The smallest absolute Gasteiger partial charge is 0.261 e. The number of carbonyl (C=O) groups excluding carboxylic acids is 2. The Labute approximate surface area is 160 Å². The number of benzene rings is 2. The molecule has 2 N–H and O–H groups in total. The number of amides is 2. The van der Waals surface area contributed by atoms with Crippen LogP contribution in [-0.4, -0.2) is 26.6 Å². The normalized spacial score (nSPS) is 14.5. The van der Waals surface area contributed by atoms with Crippen molar-refractivity contribution in [3.8, 4) is 0 Å². The highest BCUT2D eigenvalue weighted by Crippen LogP contribution is 2.37. The average Bonchev–Trinajstić information content (AvgIpc) is 3.36. The standard InChI is InChI=1S/C22H18N4O2/c1-2-11-26-12-15(13-7-4-6-10-17(13)26)18-19(22(28)23-21(18)27)20-14-8-3-5-9-16(14)24-25-20/h3-10,12H,2,11H2,1H3,(H,24,25)(H,23,27,28). The second-order valence-corrected chi connectivity index (χ2v) is 6.90. The van der Waals surface area contributed by atoms with Crippen LogP contribution in [0.5, 0.6) is 0 Å². The molecule has 2 aromatic heterocycles. The molecule has 0 aliphatic carbocycles. The first kappa shape index (κ1) is 16.5. The maximum Gasteiger partial charge on any atom is 0.261 e. The molecule has 4 aromatic rings. The topological polar surface area (TPSA) is 79.8 Å². The number of aromatic nitrogens is 3. The van der Waals surface area contributed by atoms with E-state index in [0.29, 0.717) is 16.8 Å². The van der Waals surface area contributed by atoms with Crippen molar-refractivity contribution in [3.63, 3.8) is 0 Å². The van der Waals surface area contributed by atoms with Crippen molar-refractivity contribution >= 4 is 44.8 Å². The Kier molecular flexibility index (Phi) is 3.65. The summed E-state index contributed by atoms with van der Waals surface area (Å²) in [6.07, 6.45) is 2.94. The molecule has 0 bridgehead atoms. The van der Waals surface area contributed by atoms with Crippen LogP contribution in [0.3, 0.4) is 0 Å². The van der Waals surface area contributed by atoms with E-state index in [9.17, 15) is 9.59 Å². The number of carbonyl (C=O) groups is 2. The molecule has 0 saturated carbocycles. The van der Waals surface area contributed by atoms with E-state index in [2.05, 4.69) is 27.0 Å². The number of fused-ring (bicyclic) bond motifs is 2. The Morgan fingerprint density at radius 1 is 0.929 bits per heavy atom. The van der Waals surface area contributed by atoms with Crippen LogP contribution in [0.4, 0.5) is 0 Å². The SMILES string of the molecule is CCCn1cc(C2=C(c3n[nH]c4ccccc34)C(=O)NC2=O)c2ccccc21. The van der Waals surface area contributed by atoms with Gasteiger partial charge in [0.15, 0.2) is 0 Å². The third-order valence-corrected chi connectivity index (χ3v) is 5.16. The molecule has 0 atom stereocenters. The summed E-state index contributed by atoms with van der Waals surface area (Å²) in [7, 11) is 0. The molecule has 138 valence electrons. The lowest BCUT2D eigenvalue weighted by Gasteiger charge is -2.01. The van der Waals surface area contributed by atoms with E-state index in [1.54, 1.807) is 0 Å². The van der Waals surface area contributed by atoms with Gasteiger partial charge in [0.2, 0.25) is 0 Å². The van der Waals surface area contributed by atoms with E-state index in [0.717, 1.165) is 40.3 Å². The second kappa shape index (κ2) is 6.20. The molecule has 2 amide bonds. The number of para-hydroxylation sites is 2. The van der Waals surface area contributed by atoms with Gasteiger partial charge < -0.3 is 4.57 Å². The van der Waals surface area contributed by atoms with Gasteiger partial charge in [-0.2, -0.15) is 5.10 Å². The van der Waals surface area contributed by atoms with Gasteiger partial charge in [0, 0.05) is 34.6 Å². The van der Waals surface area contributed by atoms with Gasteiger partial charge in [-0.15, -0.1) is 0 Å². The number of nitrogens with one attached hydrogen (secondary N) is 2. The molecule has 6 heteroatoms. The van der Waals surface area contributed by atoms with E-state index in [1.807, 2.05) is 54.7 Å². The highest BCUT2D eigenvalue weighted by atomic mass is 16.2. The maximum absolute atomic E-state index is 12.8. The van der Waals surface area contributed by atoms with Crippen molar-refractivity contribution in [1.82, 2.24) is 20.1 Å². The van der Waals surface area contributed by atoms with Gasteiger partial charge in [0.25, 0.3) is 11.8 Å². The largest absolute Gasteiger partial charge is 0.347 e. The van der Waals surface area contributed by atoms with Crippen LogP contribution in [0.2, 0.25) is 0 Å². The molecule has 28 heavy (non-hydrogen) atoms. The van der Waals surface area contributed by atoms with Gasteiger partial charge in [-0.3, -0.25) is 20.0 Å². The Hall–Kier alpha value is -3.67. The first-order chi connectivity index (χ1) is 13.7. The van der Waals surface area contributed by atoms with Crippen LogP contribution >= 0.6 is 0 Å². The number of aryl methyl sites for hydroxylation is 1. The summed E-state index contributed by atoms with van der Waals surface area (Å²) in [5.41, 5.74) is 3.83. The lowest BCUT2D eigenvalue weighted by Crippen LogP contribution is -2.22. The molecule has 2 aromatic carbocycles.